The van der Waals surface area contributed by atoms with Crippen LogP contribution < -0.4 is 5.43 Å². The SMILES string of the molecule is CCN(/N=N\C)NC. The smallest absolute Gasteiger partial charge is 0.0521 e. The van der Waals surface area contributed by atoms with E-state index in [0.29, 0.717) is 0 Å². The largest absolute Gasteiger partial charge is 0.220 e. The van der Waals surface area contributed by atoms with Crippen molar-refractivity contribution in [3.8, 4) is 0 Å². The van der Waals surface area contributed by atoms with E-state index in [1.807, 2.05) is 6.92 Å². The molecular formula is C4H12N4. The maximum absolute atomic E-state index is 3.71. The van der Waals surface area contributed by atoms with Crippen molar-refractivity contribution < 1.29 is 0 Å². The summed E-state index contributed by atoms with van der Waals surface area (Å²) in [4.78, 5) is 0. The molecule has 0 aliphatic rings. The third-order valence-corrected chi connectivity index (χ3v) is 0.755. The molecule has 0 atom stereocenters. The van der Waals surface area contributed by atoms with Crippen molar-refractivity contribution >= 4 is 0 Å². The number of nitrogens with one attached hydrogen (secondary N) is 1. The van der Waals surface area contributed by atoms with Gasteiger partial charge in [-0.3, -0.25) is 0 Å². The first-order valence-corrected chi connectivity index (χ1v) is 2.59. The zero-order valence-corrected chi connectivity index (χ0v) is 5.55. The second-order valence-corrected chi connectivity index (χ2v) is 1.23. The van der Waals surface area contributed by atoms with Crippen LogP contribution in [0.1, 0.15) is 6.92 Å². The molecule has 0 aromatic carbocycles. The Kier molecular flexibility index (Phi) is 4.16. The molecule has 0 amide bonds. The van der Waals surface area contributed by atoms with Gasteiger partial charge in [-0.1, -0.05) is 5.22 Å². The standard InChI is InChI=1S/C4H12N4/c1-4-8(6-3)7-5-2/h6H,4H2,1-3H3/b7-5-. The van der Waals surface area contributed by atoms with Crippen molar-refractivity contribution in [2.24, 2.45) is 10.3 Å². The Balaban J connectivity index is 3.36. The topological polar surface area (TPSA) is 40.0 Å². The Bertz CT molecular complexity index is 66.4. The van der Waals surface area contributed by atoms with Crippen LogP contribution in [0.2, 0.25) is 0 Å². The predicted octanol–water partition coefficient (Wildman–Crippen LogP) is 0.440. The van der Waals surface area contributed by atoms with Crippen molar-refractivity contribution in [1.29, 1.82) is 0 Å². The molecule has 0 aromatic rings. The highest BCUT2D eigenvalue weighted by Crippen LogP contribution is 1.79. The molecule has 0 fully saturated rings. The van der Waals surface area contributed by atoms with E-state index in [2.05, 4.69) is 15.8 Å². The fraction of sp³-hybridized carbons (Fsp3) is 1.00. The lowest BCUT2D eigenvalue weighted by atomic mass is 10.8. The molecule has 0 unspecified atom stereocenters. The average molecular weight is 116 g/mol. The first kappa shape index (κ1) is 7.36. The van der Waals surface area contributed by atoms with Crippen LogP contribution in [-0.4, -0.2) is 25.8 Å². The Morgan fingerprint density at radius 1 is 1.62 bits per heavy atom. The summed E-state index contributed by atoms with van der Waals surface area (Å²) in [5.41, 5.74) is 2.83. The molecule has 4 heteroatoms. The van der Waals surface area contributed by atoms with Crippen LogP contribution >= 0.6 is 0 Å². The molecule has 0 aliphatic carbocycles. The number of nitrogens with zero attached hydrogens (tertiary/aromatic N) is 3. The number of hydrazine groups is 1. The Labute approximate surface area is 49.5 Å². The highest BCUT2D eigenvalue weighted by atomic mass is 15.7. The Morgan fingerprint density at radius 2 is 2.25 bits per heavy atom. The molecular weight excluding hydrogens is 104 g/mol. The summed E-state index contributed by atoms with van der Waals surface area (Å²) < 4.78 is 0. The lowest BCUT2D eigenvalue weighted by Crippen LogP contribution is -2.28. The first-order chi connectivity index (χ1) is 3.85. The van der Waals surface area contributed by atoms with Gasteiger partial charge in [0.05, 0.1) is 13.6 Å². The minimum atomic E-state index is 0.827. The first-order valence-electron chi connectivity index (χ1n) is 2.59. The van der Waals surface area contributed by atoms with Gasteiger partial charge in [-0.2, -0.15) is 5.11 Å². The molecule has 4 nitrogen and oxygen atoms in total. The van der Waals surface area contributed by atoms with E-state index in [1.165, 1.54) is 0 Å². The molecule has 0 aliphatic heterocycles. The minimum absolute atomic E-state index is 0.827. The zero-order valence-electron chi connectivity index (χ0n) is 5.55. The van der Waals surface area contributed by atoms with Crippen LogP contribution in [0.3, 0.4) is 0 Å². The third kappa shape index (κ3) is 2.52. The van der Waals surface area contributed by atoms with Gasteiger partial charge in [-0.15, -0.1) is 0 Å². The number of rotatable bonds is 3. The van der Waals surface area contributed by atoms with E-state index >= 15 is 0 Å². The second-order valence-electron chi connectivity index (χ2n) is 1.23. The maximum Gasteiger partial charge on any atom is 0.0521 e. The quantitative estimate of drug-likeness (QED) is 0.429. The normalized spacial score (nSPS) is 10.4. The van der Waals surface area contributed by atoms with Crippen LogP contribution in [0.5, 0.6) is 0 Å². The molecule has 0 heterocycles. The van der Waals surface area contributed by atoms with Crippen molar-refractivity contribution in [2.75, 3.05) is 20.6 Å². The fourth-order valence-corrected chi connectivity index (χ4v) is 0.374. The van der Waals surface area contributed by atoms with Gasteiger partial charge >= 0.3 is 0 Å². The van der Waals surface area contributed by atoms with Gasteiger partial charge in [0.1, 0.15) is 0 Å². The number of hydrogen-bond acceptors (Lipinski definition) is 3. The summed E-state index contributed by atoms with van der Waals surface area (Å²) in [6.07, 6.45) is 0. The Hall–Kier alpha value is -0.640. The average Bonchev–Trinajstić information content (AvgIpc) is 1.83. The summed E-state index contributed by atoms with van der Waals surface area (Å²) in [6, 6.07) is 0. The van der Waals surface area contributed by atoms with Gasteiger partial charge in [0.25, 0.3) is 0 Å². The molecule has 0 aromatic heterocycles. The molecule has 0 saturated heterocycles. The van der Waals surface area contributed by atoms with Crippen LogP contribution in [0.15, 0.2) is 10.3 Å². The van der Waals surface area contributed by atoms with Gasteiger partial charge in [0.15, 0.2) is 0 Å². The van der Waals surface area contributed by atoms with Crippen LogP contribution in [-0.2, 0) is 0 Å². The van der Waals surface area contributed by atoms with Gasteiger partial charge < -0.3 is 0 Å². The Morgan fingerprint density at radius 3 is 2.38 bits per heavy atom. The van der Waals surface area contributed by atoms with Crippen molar-refractivity contribution in [3.05, 3.63) is 0 Å². The summed E-state index contributed by atoms with van der Waals surface area (Å²) >= 11 is 0. The number of hydrogen-bond donors (Lipinski definition) is 1. The van der Waals surface area contributed by atoms with Gasteiger partial charge in [-0.05, 0) is 6.92 Å². The lowest BCUT2D eigenvalue weighted by molar-refractivity contribution is 0.212. The van der Waals surface area contributed by atoms with E-state index in [9.17, 15) is 0 Å². The van der Waals surface area contributed by atoms with Crippen molar-refractivity contribution in [2.45, 2.75) is 6.92 Å². The van der Waals surface area contributed by atoms with E-state index < -0.39 is 0 Å². The maximum atomic E-state index is 3.71. The predicted molar refractivity (Wildman–Crippen MR) is 32.2 cm³/mol. The van der Waals surface area contributed by atoms with E-state index in [1.54, 1.807) is 19.2 Å². The fourth-order valence-electron chi connectivity index (χ4n) is 0.374. The van der Waals surface area contributed by atoms with Gasteiger partial charge in [0, 0.05) is 7.05 Å². The molecule has 0 spiro atoms. The zero-order chi connectivity index (χ0) is 6.41. The third-order valence-electron chi connectivity index (χ3n) is 0.755. The summed E-state index contributed by atoms with van der Waals surface area (Å²) in [7, 11) is 3.44. The van der Waals surface area contributed by atoms with E-state index in [-0.39, 0.29) is 0 Å². The monoisotopic (exact) mass is 116 g/mol. The van der Waals surface area contributed by atoms with E-state index in [4.69, 9.17) is 0 Å². The molecule has 0 bridgehead atoms. The van der Waals surface area contributed by atoms with Crippen molar-refractivity contribution in [3.63, 3.8) is 0 Å². The summed E-state index contributed by atoms with van der Waals surface area (Å²) in [5, 5.41) is 8.91. The summed E-state index contributed by atoms with van der Waals surface area (Å²) in [6.45, 7) is 2.82. The molecule has 0 radical (unpaired) electrons. The van der Waals surface area contributed by atoms with E-state index in [0.717, 1.165) is 6.54 Å². The van der Waals surface area contributed by atoms with Crippen LogP contribution in [0.4, 0.5) is 0 Å². The van der Waals surface area contributed by atoms with Crippen molar-refractivity contribution in [1.82, 2.24) is 10.5 Å². The van der Waals surface area contributed by atoms with Gasteiger partial charge in [0.2, 0.25) is 0 Å². The minimum Gasteiger partial charge on any atom is -0.220 e. The lowest BCUT2D eigenvalue weighted by Gasteiger charge is -2.10. The second kappa shape index (κ2) is 4.52. The molecule has 0 saturated carbocycles. The molecule has 0 rings (SSSR count). The highest BCUT2D eigenvalue weighted by Gasteiger charge is 1.86. The van der Waals surface area contributed by atoms with Crippen LogP contribution in [0.25, 0.3) is 0 Å². The molecule has 8 heavy (non-hydrogen) atoms. The molecule has 1 N–H and O–H groups in total. The highest BCUT2D eigenvalue weighted by molar-refractivity contribution is 4.28. The van der Waals surface area contributed by atoms with Crippen LogP contribution in [0, 0.1) is 0 Å². The van der Waals surface area contributed by atoms with Gasteiger partial charge in [-0.25, -0.2) is 10.5 Å². The molecule has 48 valence electrons. The summed E-state index contributed by atoms with van der Waals surface area (Å²) in [5.74, 6) is 0.